The maximum Gasteiger partial charge on any atom is 0.238 e. The van der Waals surface area contributed by atoms with Crippen molar-refractivity contribution in [1.29, 1.82) is 0 Å². The third-order valence-electron chi connectivity index (χ3n) is 2.81. The monoisotopic (exact) mass is 309 g/mol. The topological polar surface area (TPSA) is 77.2 Å². The van der Waals surface area contributed by atoms with E-state index in [1.807, 2.05) is 18.4 Å². The fraction of sp³-hybridized carbons (Fsp3) is 0.214. The second-order valence-electron chi connectivity index (χ2n) is 4.67. The Labute approximate surface area is 122 Å². The average Bonchev–Trinajstić information content (AvgIpc) is 2.74. The zero-order valence-corrected chi connectivity index (χ0v) is 12.6. The molecular weight excluding hydrogens is 294 g/mol. The number of primary sulfonamides is 1. The summed E-state index contributed by atoms with van der Waals surface area (Å²) in [6.07, 6.45) is 0.706. The van der Waals surface area contributed by atoms with E-state index < -0.39 is 10.0 Å². The highest BCUT2D eigenvalue weighted by Gasteiger charge is 2.10. The molecule has 4 nitrogen and oxygen atoms in total. The number of aryl methyl sites for hydroxylation is 1. The summed E-state index contributed by atoms with van der Waals surface area (Å²) in [6, 6.07) is 8.10. The van der Waals surface area contributed by atoms with E-state index in [0.29, 0.717) is 12.8 Å². The maximum atomic E-state index is 11.9. The Morgan fingerprint density at radius 2 is 1.85 bits per heavy atom. The SMILES string of the molecule is Cc1csc(CC(=O)Cc2ccc(S(N)(=O)=O)cc2)c1. The quantitative estimate of drug-likeness (QED) is 0.918. The molecule has 20 heavy (non-hydrogen) atoms. The predicted molar refractivity (Wildman–Crippen MR) is 79.3 cm³/mol. The van der Waals surface area contributed by atoms with Gasteiger partial charge in [-0.25, -0.2) is 13.6 Å². The number of ketones is 1. The first kappa shape index (κ1) is 14.9. The summed E-state index contributed by atoms with van der Waals surface area (Å²) in [6.45, 7) is 2.00. The molecule has 0 aliphatic carbocycles. The number of nitrogens with two attached hydrogens (primary N) is 1. The highest BCUT2D eigenvalue weighted by molar-refractivity contribution is 7.89. The second kappa shape index (κ2) is 5.87. The van der Waals surface area contributed by atoms with Crippen molar-refractivity contribution in [3.05, 3.63) is 51.7 Å². The van der Waals surface area contributed by atoms with E-state index in [1.54, 1.807) is 23.5 Å². The van der Waals surface area contributed by atoms with E-state index in [0.717, 1.165) is 16.0 Å². The van der Waals surface area contributed by atoms with Crippen molar-refractivity contribution >= 4 is 27.1 Å². The number of Topliss-reactive ketones (excluding diaryl/α,β-unsaturated/α-hetero) is 1. The molecule has 0 fully saturated rings. The largest absolute Gasteiger partial charge is 0.299 e. The maximum absolute atomic E-state index is 11.9. The molecule has 6 heteroatoms. The molecule has 0 unspecified atom stereocenters. The number of hydrogen-bond acceptors (Lipinski definition) is 4. The van der Waals surface area contributed by atoms with Gasteiger partial charge in [0, 0.05) is 17.7 Å². The van der Waals surface area contributed by atoms with Crippen LogP contribution in [-0.4, -0.2) is 14.2 Å². The lowest BCUT2D eigenvalue weighted by Gasteiger charge is -2.02. The second-order valence-corrected chi connectivity index (χ2v) is 7.23. The van der Waals surface area contributed by atoms with Gasteiger partial charge in [-0.3, -0.25) is 4.79 Å². The van der Waals surface area contributed by atoms with Gasteiger partial charge in [-0.05, 0) is 41.6 Å². The van der Waals surface area contributed by atoms with Crippen LogP contribution in [0.3, 0.4) is 0 Å². The van der Waals surface area contributed by atoms with E-state index in [9.17, 15) is 13.2 Å². The number of hydrogen-bond donors (Lipinski definition) is 1. The van der Waals surface area contributed by atoms with E-state index in [4.69, 9.17) is 5.14 Å². The first-order chi connectivity index (χ1) is 9.34. The molecule has 0 radical (unpaired) electrons. The number of sulfonamides is 1. The summed E-state index contributed by atoms with van der Waals surface area (Å²) in [4.78, 5) is 13.0. The summed E-state index contributed by atoms with van der Waals surface area (Å²) >= 11 is 1.58. The lowest BCUT2D eigenvalue weighted by Crippen LogP contribution is -2.12. The molecule has 1 aromatic heterocycles. The van der Waals surface area contributed by atoms with Gasteiger partial charge in [0.15, 0.2) is 0 Å². The van der Waals surface area contributed by atoms with Crippen LogP contribution in [0.15, 0.2) is 40.6 Å². The normalized spacial score (nSPS) is 11.5. The number of carbonyl (C=O) groups excluding carboxylic acids is 1. The van der Waals surface area contributed by atoms with Gasteiger partial charge in [0.05, 0.1) is 4.90 Å². The fourth-order valence-electron chi connectivity index (χ4n) is 1.86. The molecule has 0 saturated heterocycles. The zero-order chi connectivity index (χ0) is 14.8. The van der Waals surface area contributed by atoms with Gasteiger partial charge < -0.3 is 0 Å². The van der Waals surface area contributed by atoms with Crippen molar-refractivity contribution in [3.63, 3.8) is 0 Å². The summed E-state index contributed by atoms with van der Waals surface area (Å²) in [5.74, 6) is 0.107. The molecule has 2 N–H and O–H groups in total. The molecule has 106 valence electrons. The summed E-state index contributed by atoms with van der Waals surface area (Å²) < 4.78 is 22.2. The van der Waals surface area contributed by atoms with Crippen LogP contribution in [0.5, 0.6) is 0 Å². The van der Waals surface area contributed by atoms with Crippen molar-refractivity contribution in [2.24, 2.45) is 5.14 Å². The van der Waals surface area contributed by atoms with Crippen LogP contribution < -0.4 is 5.14 Å². The minimum absolute atomic E-state index is 0.0579. The van der Waals surface area contributed by atoms with Gasteiger partial charge in [0.2, 0.25) is 10.0 Å². The third-order valence-corrected chi connectivity index (χ3v) is 4.79. The lowest BCUT2D eigenvalue weighted by atomic mass is 10.1. The number of thiophene rings is 1. The Balaban J connectivity index is 2.01. The molecule has 1 aromatic carbocycles. The van der Waals surface area contributed by atoms with Crippen LogP contribution >= 0.6 is 11.3 Å². The first-order valence-electron chi connectivity index (χ1n) is 6.02. The van der Waals surface area contributed by atoms with Crippen molar-refractivity contribution in [3.8, 4) is 0 Å². The Hall–Kier alpha value is -1.50. The van der Waals surface area contributed by atoms with Crippen LogP contribution in [0.4, 0.5) is 0 Å². The summed E-state index contributed by atoms with van der Waals surface area (Å²) in [7, 11) is -3.68. The summed E-state index contributed by atoms with van der Waals surface area (Å²) in [5, 5.41) is 7.04. The van der Waals surface area contributed by atoms with Gasteiger partial charge in [-0.1, -0.05) is 12.1 Å². The molecule has 0 spiro atoms. The molecule has 0 bridgehead atoms. The standard InChI is InChI=1S/C14H15NO3S2/c1-10-6-13(19-9-10)8-12(16)7-11-2-4-14(5-3-11)20(15,17)18/h2-6,9H,7-8H2,1H3,(H2,15,17,18). The van der Waals surface area contributed by atoms with Gasteiger partial charge in [-0.15, -0.1) is 11.3 Å². The van der Waals surface area contributed by atoms with E-state index in [2.05, 4.69) is 0 Å². The number of rotatable bonds is 5. The molecule has 1 heterocycles. The number of benzene rings is 1. The summed E-state index contributed by atoms with van der Waals surface area (Å²) in [5.41, 5.74) is 1.95. The Kier molecular flexibility index (Phi) is 4.37. The van der Waals surface area contributed by atoms with E-state index >= 15 is 0 Å². The molecule has 0 aliphatic rings. The molecule has 2 rings (SSSR count). The molecule has 0 aliphatic heterocycles. The van der Waals surface area contributed by atoms with Crippen LogP contribution in [-0.2, 0) is 27.7 Å². The smallest absolute Gasteiger partial charge is 0.238 e. The molecule has 0 atom stereocenters. The Bertz CT molecular complexity index is 715. The molecule has 0 amide bonds. The van der Waals surface area contributed by atoms with Crippen LogP contribution in [0, 0.1) is 6.92 Å². The molecule has 0 saturated carbocycles. The predicted octanol–water partition coefficient (Wildman–Crippen LogP) is 2.06. The molecule has 2 aromatic rings. The van der Waals surface area contributed by atoms with E-state index in [1.165, 1.54) is 12.1 Å². The van der Waals surface area contributed by atoms with Gasteiger partial charge in [-0.2, -0.15) is 0 Å². The van der Waals surface area contributed by atoms with Crippen LogP contribution in [0.1, 0.15) is 16.0 Å². The highest BCUT2D eigenvalue weighted by atomic mass is 32.2. The van der Waals surface area contributed by atoms with Crippen LogP contribution in [0.25, 0.3) is 0 Å². The average molecular weight is 309 g/mol. The Morgan fingerprint density at radius 1 is 1.20 bits per heavy atom. The van der Waals surface area contributed by atoms with Crippen LogP contribution in [0.2, 0.25) is 0 Å². The minimum atomic E-state index is -3.68. The Morgan fingerprint density at radius 3 is 2.35 bits per heavy atom. The van der Waals surface area contributed by atoms with Gasteiger partial charge in [0.25, 0.3) is 0 Å². The van der Waals surface area contributed by atoms with Crippen molar-refractivity contribution in [2.45, 2.75) is 24.7 Å². The van der Waals surface area contributed by atoms with Gasteiger partial charge >= 0.3 is 0 Å². The minimum Gasteiger partial charge on any atom is -0.299 e. The first-order valence-corrected chi connectivity index (χ1v) is 8.44. The van der Waals surface area contributed by atoms with Gasteiger partial charge in [0.1, 0.15) is 5.78 Å². The molecular formula is C14H15NO3S2. The number of carbonyl (C=O) groups is 1. The van der Waals surface area contributed by atoms with Crippen molar-refractivity contribution in [1.82, 2.24) is 0 Å². The fourth-order valence-corrected chi connectivity index (χ4v) is 3.28. The van der Waals surface area contributed by atoms with E-state index in [-0.39, 0.29) is 10.7 Å². The van der Waals surface area contributed by atoms with Crippen molar-refractivity contribution < 1.29 is 13.2 Å². The lowest BCUT2D eigenvalue weighted by molar-refractivity contribution is -0.117. The zero-order valence-electron chi connectivity index (χ0n) is 11.0. The van der Waals surface area contributed by atoms with Crippen molar-refractivity contribution in [2.75, 3.05) is 0 Å². The third kappa shape index (κ3) is 4.00. The highest BCUT2D eigenvalue weighted by Crippen LogP contribution is 2.16.